The summed E-state index contributed by atoms with van der Waals surface area (Å²) in [5.74, 6) is 4.71. The Balaban J connectivity index is 2.21. The molecule has 0 aliphatic carbocycles. The van der Waals surface area contributed by atoms with Gasteiger partial charge in [-0.05, 0) is 25.0 Å². The normalized spacial score (nSPS) is 9.58. The zero-order valence-electron chi connectivity index (χ0n) is 10.8. The number of rotatable bonds is 3. The monoisotopic (exact) mass is 254 g/mol. The van der Waals surface area contributed by atoms with E-state index in [2.05, 4.69) is 27.2 Å². The average molecular weight is 254 g/mol. The number of aryl methyl sites for hydroxylation is 1. The van der Waals surface area contributed by atoms with E-state index in [4.69, 9.17) is 0 Å². The number of nitrogens with one attached hydrogen (secondary N) is 1. The van der Waals surface area contributed by atoms with Crippen LogP contribution in [0.4, 0.5) is 0 Å². The topological polar surface area (TPSA) is 59.8 Å². The van der Waals surface area contributed by atoms with Crippen LogP contribution in [0.1, 0.15) is 12.5 Å². The van der Waals surface area contributed by atoms with E-state index < -0.39 is 0 Å². The molecule has 2 aromatic rings. The maximum atomic E-state index is 11.3. The Hall–Kier alpha value is -2.61. The van der Waals surface area contributed by atoms with Gasteiger partial charge in [0.25, 0.3) is 5.91 Å². The Morgan fingerprint density at radius 2 is 2.32 bits per heavy atom. The summed E-state index contributed by atoms with van der Waals surface area (Å²) in [7, 11) is 1.84. The fourth-order valence-corrected chi connectivity index (χ4v) is 1.72. The molecule has 0 spiro atoms. The van der Waals surface area contributed by atoms with Crippen molar-refractivity contribution in [2.75, 3.05) is 0 Å². The van der Waals surface area contributed by atoms with E-state index in [1.54, 1.807) is 17.8 Å². The molecule has 0 fully saturated rings. The van der Waals surface area contributed by atoms with Crippen molar-refractivity contribution in [2.45, 2.75) is 13.5 Å². The Morgan fingerprint density at radius 3 is 3.00 bits per heavy atom. The van der Waals surface area contributed by atoms with Gasteiger partial charge in [-0.2, -0.15) is 5.10 Å². The van der Waals surface area contributed by atoms with E-state index >= 15 is 0 Å². The fraction of sp³-hybridized carbons (Fsp3) is 0.214. The summed E-state index contributed by atoms with van der Waals surface area (Å²) in [6.07, 6.45) is 3.58. The quantitative estimate of drug-likeness (QED) is 0.835. The minimum absolute atomic E-state index is 0.293. The average Bonchev–Trinajstić information content (AvgIpc) is 2.79. The molecule has 5 nitrogen and oxygen atoms in total. The van der Waals surface area contributed by atoms with E-state index in [-0.39, 0.29) is 5.91 Å². The SMILES string of the molecule is CC#CC(=O)NCc1cn(C)nc1-c1ccccn1. The van der Waals surface area contributed by atoms with Crippen molar-refractivity contribution in [3.05, 3.63) is 36.2 Å². The lowest BCUT2D eigenvalue weighted by atomic mass is 10.2. The molecule has 0 aliphatic heterocycles. The second kappa shape index (κ2) is 5.83. The maximum Gasteiger partial charge on any atom is 0.296 e. The molecule has 2 heterocycles. The standard InChI is InChI=1S/C14H14N4O/c1-3-6-13(19)16-9-11-10-18(2)17-14(11)12-7-4-5-8-15-12/h4-5,7-8,10H,9H2,1-2H3,(H,16,19). The van der Waals surface area contributed by atoms with Gasteiger partial charge in [0, 0.05) is 31.5 Å². The Labute approximate surface area is 111 Å². The van der Waals surface area contributed by atoms with E-state index in [1.165, 1.54) is 0 Å². The van der Waals surface area contributed by atoms with Crippen molar-refractivity contribution in [1.29, 1.82) is 0 Å². The predicted octanol–water partition coefficient (Wildman–Crippen LogP) is 1.12. The molecule has 96 valence electrons. The third-order valence-electron chi connectivity index (χ3n) is 2.49. The second-order valence-corrected chi connectivity index (χ2v) is 3.95. The van der Waals surface area contributed by atoms with Crippen LogP contribution in [0.5, 0.6) is 0 Å². The summed E-state index contributed by atoms with van der Waals surface area (Å²) >= 11 is 0. The van der Waals surface area contributed by atoms with Crippen molar-refractivity contribution >= 4 is 5.91 Å². The van der Waals surface area contributed by atoms with Crippen molar-refractivity contribution in [3.8, 4) is 23.2 Å². The fourth-order valence-electron chi connectivity index (χ4n) is 1.72. The van der Waals surface area contributed by atoms with Crippen LogP contribution in [0, 0.1) is 11.8 Å². The highest BCUT2D eigenvalue weighted by atomic mass is 16.1. The van der Waals surface area contributed by atoms with Crippen LogP contribution in [0.3, 0.4) is 0 Å². The lowest BCUT2D eigenvalue weighted by Crippen LogP contribution is -2.20. The molecule has 0 saturated carbocycles. The largest absolute Gasteiger partial charge is 0.341 e. The molecule has 1 N–H and O–H groups in total. The van der Waals surface area contributed by atoms with Gasteiger partial charge in [0.1, 0.15) is 5.69 Å². The summed E-state index contributed by atoms with van der Waals surface area (Å²) in [5.41, 5.74) is 2.47. The van der Waals surface area contributed by atoms with E-state index in [0.29, 0.717) is 6.54 Å². The highest BCUT2D eigenvalue weighted by Gasteiger charge is 2.11. The minimum Gasteiger partial charge on any atom is -0.341 e. The summed E-state index contributed by atoms with van der Waals surface area (Å²) in [5, 5.41) is 7.10. The van der Waals surface area contributed by atoms with E-state index in [0.717, 1.165) is 17.0 Å². The lowest BCUT2D eigenvalue weighted by molar-refractivity contribution is -0.115. The van der Waals surface area contributed by atoms with Crippen LogP contribution in [0.15, 0.2) is 30.6 Å². The molecular formula is C14H14N4O. The third-order valence-corrected chi connectivity index (χ3v) is 2.49. The molecule has 0 saturated heterocycles. The number of amides is 1. The zero-order valence-corrected chi connectivity index (χ0v) is 10.8. The number of pyridine rings is 1. The number of hydrogen-bond acceptors (Lipinski definition) is 3. The van der Waals surface area contributed by atoms with Crippen LogP contribution >= 0.6 is 0 Å². The van der Waals surface area contributed by atoms with Crippen LogP contribution < -0.4 is 5.32 Å². The van der Waals surface area contributed by atoms with Gasteiger partial charge in [-0.25, -0.2) is 0 Å². The van der Waals surface area contributed by atoms with Crippen LogP contribution in [-0.2, 0) is 18.4 Å². The summed E-state index contributed by atoms with van der Waals surface area (Å²) in [4.78, 5) is 15.6. The third kappa shape index (κ3) is 3.19. The highest BCUT2D eigenvalue weighted by Crippen LogP contribution is 2.18. The molecule has 0 unspecified atom stereocenters. The number of hydrogen-bond donors (Lipinski definition) is 1. The molecule has 0 aliphatic rings. The molecular weight excluding hydrogens is 240 g/mol. The van der Waals surface area contributed by atoms with E-state index in [9.17, 15) is 4.79 Å². The molecule has 0 atom stereocenters. The van der Waals surface area contributed by atoms with Crippen molar-refractivity contribution in [2.24, 2.45) is 7.05 Å². The smallest absolute Gasteiger partial charge is 0.296 e. The zero-order chi connectivity index (χ0) is 13.7. The first-order valence-electron chi connectivity index (χ1n) is 5.85. The van der Waals surface area contributed by atoms with Gasteiger partial charge in [0.2, 0.25) is 0 Å². The number of carbonyl (C=O) groups is 1. The summed E-state index contributed by atoms with van der Waals surface area (Å²) in [6.45, 7) is 2.01. The van der Waals surface area contributed by atoms with Crippen molar-refractivity contribution in [3.63, 3.8) is 0 Å². The molecule has 5 heteroatoms. The first-order valence-corrected chi connectivity index (χ1v) is 5.85. The van der Waals surface area contributed by atoms with Gasteiger partial charge in [-0.1, -0.05) is 12.0 Å². The van der Waals surface area contributed by atoms with Gasteiger partial charge in [0.05, 0.1) is 5.69 Å². The lowest BCUT2D eigenvalue weighted by Gasteiger charge is -2.01. The summed E-state index contributed by atoms with van der Waals surface area (Å²) < 4.78 is 1.71. The molecule has 19 heavy (non-hydrogen) atoms. The van der Waals surface area contributed by atoms with Gasteiger partial charge < -0.3 is 5.32 Å². The van der Waals surface area contributed by atoms with Crippen LogP contribution in [0.25, 0.3) is 11.4 Å². The Kier molecular flexibility index (Phi) is 3.94. The first-order chi connectivity index (χ1) is 9.20. The number of nitrogens with zero attached hydrogens (tertiary/aromatic N) is 3. The van der Waals surface area contributed by atoms with Crippen molar-refractivity contribution in [1.82, 2.24) is 20.1 Å². The molecule has 0 aromatic carbocycles. The maximum absolute atomic E-state index is 11.3. The van der Waals surface area contributed by atoms with Gasteiger partial charge in [-0.3, -0.25) is 14.5 Å². The Bertz CT molecular complexity index is 634. The molecule has 2 rings (SSSR count). The van der Waals surface area contributed by atoms with Crippen LogP contribution in [0.2, 0.25) is 0 Å². The molecule has 0 radical (unpaired) electrons. The molecule has 1 amide bonds. The second-order valence-electron chi connectivity index (χ2n) is 3.95. The highest BCUT2D eigenvalue weighted by molar-refractivity contribution is 5.93. The predicted molar refractivity (Wildman–Crippen MR) is 71.7 cm³/mol. The number of aromatic nitrogens is 3. The first kappa shape index (κ1) is 12.8. The minimum atomic E-state index is -0.293. The van der Waals surface area contributed by atoms with Crippen LogP contribution in [-0.4, -0.2) is 20.7 Å². The molecule has 0 bridgehead atoms. The summed E-state index contributed by atoms with van der Waals surface area (Å²) in [6, 6.07) is 5.65. The number of carbonyl (C=O) groups excluding carboxylic acids is 1. The van der Waals surface area contributed by atoms with Gasteiger partial charge >= 0.3 is 0 Å². The Morgan fingerprint density at radius 1 is 1.47 bits per heavy atom. The van der Waals surface area contributed by atoms with E-state index in [1.807, 2.05) is 31.4 Å². The van der Waals surface area contributed by atoms with Crippen molar-refractivity contribution < 1.29 is 4.79 Å². The molecule has 2 aromatic heterocycles. The van der Waals surface area contributed by atoms with Gasteiger partial charge in [0.15, 0.2) is 0 Å². The van der Waals surface area contributed by atoms with Gasteiger partial charge in [-0.15, -0.1) is 0 Å².